The molecule has 1 heterocycles. The highest BCUT2D eigenvalue weighted by Crippen LogP contribution is 2.42. The van der Waals surface area contributed by atoms with Crippen molar-refractivity contribution in [2.24, 2.45) is 11.7 Å². The van der Waals surface area contributed by atoms with Gasteiger partial charge in [-0.2, -0.15) is 0 Å². The van der Waals surface area contributed by atoms with E-state index in [1.54, 1.807) is 0 Å². The Morgan fingerprint density at radius 2 is 1.86 bits per heavy atom. The maximum Gasteiger partial charge on any atom is 0.274 e. The summed E-state index contributed by atoms with van der Waals surface area (Å²) in [7, 11) is 0. The summed E-state index contributed by atoms with van der Waals surface area (Å²) >= 11 is 0. The molecule has 3 rings (SSSR count). The summed E-state index contributed by atoms with van der Waals surface area (Å²) < 4.78 is 5.20. The molecule has 2 aliphatic carbocycles. The van der Waals surface area contributed by atoms with Crippen LogP contribution < -0.4 is 11.1 Å². The fourth-order valence-electron chi connectivity index (χ4n) is 2.98. The van der Waals surface area contributed by atoms with Crippen molar-refractivity contribution in [3.05, 3.63) is 17.0 Å². The highest BCUT2D eigenvalue weighted by molar-refractivity contribution is 6.06. The summed E-state index contributed by atoms with van der Waals surface area (Å²) in [6.07, 6.45) is 6.06. The van der Waals surface area contributed by atoms with Crippen LogP contribution in [0.4, 0.5) is 0 Å². The van der Waals surface area contributed by atoms with Gasteiger partial charge in [-0.05, 0) is 44.4 Å². The third-order valence-electron chi connectivity index (χ3n) is 4.48. The fourth-order valence-corrected chi connectivity index (χ4v) is 2.98. The van der Waals surface area contributed by atoms with E-state index in [9.17, 15) is 9.59 Å². The van der Waals surface area contributed by atoms with E-state index in [4.69, 9.17) is 10.3 Å². The van der Waals surface area contributed by atoms with Crippen LogP contribution in [0, 0.1) is 5.92 Å². The first-order valence-corrected chi connectivity index (χ1v) is 7.66. The number of nitrogens with zero attached hydrogens (tertiary/aromatic N) is 1. The normalized spacial score (nSPS) is 25.6. The van der Waals surface area contributed by atoms with E-state index < -0.39 is 5.91 Å². The first kappa shape index (κ1) is 14.1. The summed E-state index contributed by atoms with van der Waals surface area (Å²) in [4.78, 5) is 24.0. The second-order valence-corrected chi connectivity index (χ2v) is 6.34. The molecule has 114 valence electrons. The SMILES string of the molecule is CC1CCC(NC(=O)c2noc(C3CC3)c2C(N)=O)CC1. The molecule has 0 atom stereocenters. The third-order valence-corrected chi connectivity index (χ3v) is 4.48. The van der Waals surface area contributed by atoms with Crippen LogP contribution >= 0.6 is 0 Å². The number of hydrogen-bond acceptors (Lipinski definition) is 4. The fraction of sp³-hybridized carbons (Fsp3) is 0.667. The summed E-state index contributed by atoms with van der Waals surface area (Å²) in [5, 5.41) is 6.75. The van der Waals surface area contributed by atoms with Crippen LogP contribution in [0.5, 0.6) is 0 Å². The smallest absolute Gasteiger partial charge is 0.274 e. The first-order chi connectivity index (χ1) is 10.1. The number of hydrogen-bond donors (Lipinski definition) is 2. The Balaban J connectivity index is 1.73. The molecule has 21 heavy (non-hydrogen) atoms. The average Bonchev–Trinajstić information content (AvgIpc) is 3.19. The van der Waals surface area contributed by atoms with Gasteiger partial charge < -0.3 is 15.6 Å². The van der Waals surface area contributed by atoms with Crippen molar-refractivity contribution in [3.8, 4) is 0 Å². The molecule has 1 aromatic rings. The van der Waals surface area contributed by atoms with E-state index in [1.165, 1.54) is 0 Å². The van der Waals surface area contributed by atoms with Gasteiger partial charge in [-0.15, -0.1) is 0 Å². The van der Waals surface area contributed by atoms with Crippen LogP contribution in [-0.2, 0) is 0 Å². The van der Waals surface area contributed by atoms with Crippen molar-refractivity contribution >= 4 is 11.8 Å². The van der Waals surface area contributed by atoms with E-state index in [1.807, 2.05) is 0 Å². The number of aromatic nitrogens is 1. The number of nitrogens with two attached hydrogens (primary N) is 1. The number of rotatable bonds is 4. The molecule has 0 spiro atoms. The largest absolute Gasteiger partial charge is 0.365 e. The minimum absolute atomic E-state index is 0.0445. The highest BCUT2D eigenvalue weighted by atomic mass is 16.5. The molecule has 2 fully saturated rings. The first-order valence-electron chi connectivity index (χ1n) is 7.66. The number of amides is 2. The lowest BCUT2D eigenvalue weighted by atomic mass is 9.87. The van der Waals surface area contributed by atoms with E-state index in [2.05, 4.69) is 17.4 Å². The minimum Gasteiger partial charge on any atom is -0.365 e. The van der Waals surface area contributed by atoms with Crippen LogP contribution in [0.2, 0.25) is 0 Å². The number of primary amides is 1. The number of carbonyl (C=O) groups is 2. The zero-order chi connectivity index (χ0) is 15.0. The van der Waals surface area contributed by atoms with Crippen molar-refractivity contribution in [2.45, 2.75) is 57.4 Å². The maximum absolute atomic E-state index is 12.3. The lowest BCUT2D eigenvalue weighted by Crippen LogP contribution is -2.38. The Kier molecular flexibility index (Phi) is 3.69. The standard InChI is InChI=1S/C15H21N3O3/c1-8-2-6-10(7-3-8)17-15(20)12-11(14(16)19)13(21-18-12)9-4-5-9/h8-10H,2-7H2,1H3,(H2,16,19)(H,17,20). The number of nitrogens with one attached hydrogen (secondary N) is 1. The van der Waals surface area contributed by atoms with Gasteiger partial charge in [0.05, 0.1) is 0 Å². The maximum atomic E-state index is 12.3. The molecule has 0 aliphatic heterocycles. The van der Waals surface area contributed by atoms with Crippen LogP contribution in [0.3, 0.4) is 0 Å². The Morgan fingerprint density at radius 1 is 1.19 bits per heavy atom. The van der Waals surface area contributed by atoms with Gasteiger partial charge in [-0.3, -0.25) is 9.59 Å². The highest BCUT2D eigenvalue weighted by Gasteiger charge is 2.36. The number of carbonyl (C=O) groups excluding carboxylic acids is 2. The third kappa shape index (κ3) is 2.94. The zero-order valence-corrected chi connectivity index (χ0v) is 12.2. The molecule has 6 nitrogen and oxygen atoms in total. The Labute approximate surface area is 123 Å². The van der Waals surface area contributed by atoms with Crippen LogP contribution in [0.25, 0.3) is 0 Å². The van der Waals surface area contributed by atoms with E-state index >= 15 is 0 Å². The van der Waals surface area contributed by atoms with Crippen LogP contribution in [0.15, 0.2) is 4.52 Å². The molecule has 0 aromatic carbocycles. The molecule has 0 saturated heterocycles. The van der Waals surface area contributed by atoms with Gasteiger partial charge >= 0.3 is 0 Å². The molecule has 0 unspecified atom stereocenters. The predicted octanol–water partition coefficient (Wildman–Crippen LogP) is 1.96. The van der Waals surface area contributed by atoms with Gasteiger partial charge in [0, 0.05) is 12.0 Å². The van der Waals surface area contributed by atoms with Gasteiger partial charge in [0.1, 0.15) is 5.56 Å². The monoisotopic (exact) mass is 291 g/mol. The molecule has 2 amide bonds. The second kappa shape index (κ2) is 5.50. The average molecular weight is 291 g/mol. The lowest BCUT2D eigenvalue weighted by Gasteiger charge is -2.26. The van der Waals surface area contributed by atoms with Gasteiger partial charge in [-0.1, -0.05) is 12.1 Å². The van der Waals surface area contributed by atoms with Gasteiger partial charge in [0.25, 0.3) is 11.8 Å². The zero-order valence-electron chi connectivity index (χ0n) is 12.2. The van der Waals surface area contributed by atoms with E-state index in [0.717, 1.165) is 38.5 Å². The predicted molar refractivity (Wildman–Crippen MR) is 75.9 cm³/mol. The summed E-state index contributed by atoms with van der Waals surface area (Å²) in [6, 6.07) is 0.149. The van der Waals surface area contributed by atoms with Crippen molar-refractivity contribution < 1.29 is 14.1 Å². The Hall–Kier alpha value is -1.85. The molecule has 0 radical (unpaired) electrons. The lowest BCUT2D eigenvalue weighted by molar-refractivity contribution is 0.0903. The van der Waals surface area contributed by atoms with Crippen LogP contribution in [0.1, 0.15) is 78.0 Å². The van der Waals surface area contributed by atoms with Gasteiger partial charge in [-0.25, -0.2) is 0 Å². The molecule has 0 bridgehead atoms. The van der Waals surface area contributed by atoms with Crippen LogP contribution in [-0.4, -0.2) is 23.0 Å². The van der Waals surface area contributed by atoms with Crippen molar-refractivity contribution in [1.82, 2.24) is 10.5 Å². The summed E-state index contributed by atoms with van der Waals surface area (Å²) in [5.41, 5.74) is 5.61. The Morgan fingerprint density at radius 3 is 2.43 bits per heavy atom. The van der Waals surface area contributed by atoms with E-state index in [-0.39, 0.29) is 29.1 Å². The quantitative estimate of drug-likeness (QED) is 0.885. The molecule has 1 aromatic heterocycles. The molecular weight excluding hydrogens is 270 g/mol. The summed E-state index contributed by atoms with van der Waals surface area (Å²) in [5.74, 6) is 0.398. The van der Waals surface area contributed by atoms with Crippen molar-refractivity contribution in [1.29, 1.82) is 0 Å². The second-order valence-electron chi connectivity index (χ2n) is 6.34. The Bertz CT molecular complexity index is 555. The topological polar surface area (TPSA) is 98.2 Å². The van der Waals surface area contributed by atoms with Crippen molar-refractivity contribution in [3.63, 3.8) is 0 Å². The molecule has 6 heteroatoms. The summed E-state index contributed by atoms with van der Waals surface area (Å²) in [6.45, 7) is 2.22. The molecule has 3 N–H and O–H groups in total. The van der Waals surface area contributed by atoms with E-state index in [0.29, 0.717) is 11.7 Å². The van der Waals surface area contributed by atoms with Crippen molar-refractivity contribution in [2.75, 3.05) is 0 Å². The molecular formula is C15H21N3O3. The molecule has 2 aliphatic rings. The molecule has 2 saturated carbocycles. The van der Waals surface area contributed by atoms with Gasteiger partial charge in [0.15, 0.2) is 11.5 Å². The minimum atomic E-state index is -0.638. The van der Waals surface area contributed by atoms with Gasteiger partial charge in [0.2, 0.25) is 0 Å².